The van der Waals surface area contributed by atoms with Crippen LogP contribution >= 0.6 is 0 Å². The van der Waals surface area contributed by atoms with Gasteiger partial charge in [0, 0.05) is 36.0 Å². The van der Waals surface area contributed by atoms with Crippen LogP contribution in [0.15, 0.2) is 18.5 Å². The van der Waals surface area contributed by atoms with E-state index in [-0.39, 0.29) is 29.6 Å². The Labute approximate surface area is 100.0 Å². The Morgan fingerprint density at radius 1 is 1.53 bits per heavy atom. The maximum atomic E-state index is 11.9. The minimum Gasteiger partial charge on any atom is -0.398 e. The zero-order valence-corrected chi connectivity index (χ0v) is 10.1. The van der Waals surface area contributed by atoms with Gasteiger partial charge in [0.05, 0.1) is 11.5 Å². The maximum Gasteiger partial charge on any atom is 0.151 e. The number of sulfone groups is 1. The molecule has 2 N–H and O–H groups in total. The first-order valence-electron chi connectivity index (χ1n) is 5.39. The third-order valence-electron chi connectivity index (χ3n) is 2.99. The zero-order valence-electron chi connectivity index (χ0n) is 9.30. The van der Waals surface area contributed by atoms with Gasteiger partial charge < -0.3 is 5.73 Å². The van der Waals surface area contributed by atoms with Crippen LogP contribution in [0.1, 0.15) is 12.0 Å². The van der Waals surface area contributed by atoms with Gasteiger partial charge in [-0.1, -0.05) is 0 Å². The SMILES string of the molecule is Nc1ccncc1CC(=O)C1CCS(=O)(=O)C1. The highest BCUT2D eigenvalue weighted by Gasteiger charge is 2.32. The van der Waals surface area contributed by atoms with Crippen molar-refractivity contribution >= 4 is 21.3 Å². The number of nitrogens with two attached hydrogens (primary N) is 1. The van der Waals surface area contributed by atoms with Crippen molar-refractivity contribution in [2.45, 2.75) is 12.8 Å². The molecule has 0 saturated carbocycles. The van der Waals surface area contributed by atoms with Gasteiger partial charge in [0.2, 0.25) is 0 Å². The zero-order chi connectivity index (χ0) is 12.5. The summed E-state index contributed by atoms with van der Waals surface area (Å²) in [5.41, 5.74) is 6.90. The van der Waals surface area contributed by atoms with E-state index in [0.29, 0.717) is 17.7 Å². The van der Waals surface area contributed by atoms with Crippen LogP contribution in [0.4, 0.5) is 5.69 Å². The summed E-state index contributed by atoms with van der Waals surface area (Å²) in [4.78, 5) is 15.8. The van der Waals surface area contributed by atoms with Gasteiger partial charge >= 0.3 is 0 Å². The average Bonchev–Trinajstić information content (AvgIpc) is 2.62. The van der Waals surface area contributed by atoms with Crippen molar-refractivity contribution in [3.05, 3.63) is 24.0 Å². The summed E-state index contributed by atoms with van der Waals surface area (Å²) in [6.45, 7) is 0. The summed E-state index contributed by atoms with van der Waals surface area (Å²) in [6, 6.07) is 1.63. The molecule has 0 aliphatic carbocycles. The van der Waals surface area contributed by atoms with E-state index in [0.717, 1.165) is 0 Å². The largest absolute Gasteiger partial charge is 0.398 e. The van der Waals surface area contributed by atoms with Crippen LogP contribution < -0.4 is 5.73 Å². The third kappa shape index (κ3) is 2.82. The molecule has 1 aliphatic rings. The van der Waals surface area contributed by atoms with Gasteiger partial charge in [-0.2, -0.15) is 0 Å². The Morgan fingerprint density at radius 3 is 2.88 bits per heavy atom. The molecule has 17 heavy (non-hydrogen) atoms. The summed E-state index contributed by atoms with van der Waals surface area (Å²) in [6.07, 6.45) is 3.71. The highest BCUT2D eigenvalue weighted by Crippen LogP contribution is 2.22. The molecule has 0 aromatic carbocycles. The number of carbonyl (C=O) groups excluding carboxylic acids is 1. The predicted molar refractivity (Wildman–Crippen MR) is 64.1 cm³/mol. The first-order valence-corrected chi connectivity index (χ1v) is 7.21. The molecule has 1 saturated heterocycles. The van der Waals surface area contributed by atoms with E-state index in [9.17, 15) is 13.2 Å². The second kappa shape index (κ2) is 4.44. The molecular formula is C11H14N2O3S. The van der Waals surface area contributed by atoms with E-state index in [1.165, 1.54) is 0 Å². The Kier molecular flexibility index (Phi) is 3.15. The molecule has 2 heterocycles. The number of carbonyl (C=O) groups is 1. The van der Waals surface area contributed by atoms with Crippen molar-refractivity contribution in [3.8, 4) is 0 Å². The lowest BCUT2D eigenvalue weighted by Gasteiger charge is -2.07. The van der Waals surface area contributed by atoms with E-state index in [1.807, 2.05) is 0 Å². The summed E-state index contributed by atoms with van der Waals surface area (Å²) in [7, 11) is -3.01. The van der Waals surface area contributed by atoms with Gasteiger partial charge in [0.1, 0.15) is 5.78 Å². The summed E-state index contributed by atoms with van der Waals surface area (Å²) >= 11 is 0. The highest BCUT2D eigenvalue weighted by molar-refractivity contribution is 7.91. The van der Waals surface area contributed by atoms with E-state index >= 15 is 0 Å². The minimum absolute atomic E-state index is 0.0218. The number of nitrogens with zero attached hydrogens (tertiary/aromatic N) is 1. The molecule has 1 aliphatic heterocycles. The Bertz CT molecular complexity index is 539. The van der Waals surface area contributed by atoms with Crippen LogP contribution in [0.5, 0.6) is 0 Å². The Balaban J connectivity index is 2.06. The molecule has 1 atom stereocenters. The number of pyridine rings is 1. The summed E-state index contributed by atoms with van der Waals surface area (Å²) < 4.78 is 22.6. The minimum atomic E-state index is -3.01. The lowest BCUT2D eigenvalue weighted by Crippen LogP contribution is -2.18. The van der Waals surface area contributed by atoms with Gasteiger partial charge in [-0.25, -0.2) is 8.42 Å². The van der Waals surface area contributed by atoms with E-state index in [2.05, 4.69) is 4.98 Å². The number of rotatable bonds is 3. The van der Waals surface area contributed by atoms with Gasteiger partial charge in [0.15, 0.2) is 9.84 Å². The average molecular weight is 254 g/mol. The molecule has 1 unspecified atom stereocenters. The molecule has 92 valence electrons. The maximum absolute atomic E-state index is 11.9. The fraction of sp³-hybridized carbons (Fsp3) is 0.455. The van der Waals surface area contributed by atoms with Gasteiger partial charge in [0.25, 0.3) is 0 Å². The van der Waals surface area contributed by atoms with Crippen LogP contribution in [-0.4, -0.2) is 30.7 Å². The molecule has 1 fully saturated rings. The van der Waals surface area contributed by atoms with Gasteiger partial charge in [-0.3, -0.25) is 9.78 Å². The van der Waals surface area contributed by atoms with Crippen LogP contribution in [0.2, 0.25) is 0 Å². The third-order valence-corrected chi connectivity index (χ3v) is 4.76. The monoisotopic (exact) mass is 254 g/mol. The van der Waals surface area contributed by atoms with Crippen LogP contribution in [0, 0.1) is 5.92 Å². The number of nitrogen functional groups attached to an aromatic ring is 1. The number of ketones is 1. The van der Waals surface area contributed by atoms with E-state index < -0.39 is 9.84 Å². The molecule has 0 radical (unpaired) electrons. The van der Waals surface area contributed by atoms with Crippen molar-refractivity contribution in [2.75, 3.05) is 17.2 Å². The Hall–Kier alpha value is -1.43. The van der Waals surface area contributed by atoms with Gasteiger partial charge in [-0.05, 0) is 12.5 Å². The summed E-state index contributed by atoms with van der Waals surface area (Å²) in [5.74, 6) is -0.344. The fourth-order valence-electron chi connectivity index (χ4n) is 1.97. The van der Waals surface area contributed by atoms with Crippen molar-refractivity contribution in [2.24, 2.45) is 5.92 Å². The van der Waals surface area contributed by atoms with E-state index in [4.69, 9.17) is 5.73 Å². The first-order chi connectivity index (χ1) is 7.98. The van der Waals surface area contributed by atoms with Crippen molar-refractivity contribution in [1.29, 1.82) is 0 Å². The lowest BCUT2D eigenvalue weighted by atomic mass is 9.98. The van der Waals surface area contributed by atoms with Crippen LogP contribution in [-0.2, 0) is 21.1 Å². The number of aromatic nitrogens is 1. The topological polar surface area (TPSA) is 90.1 Å². The van der Waals surface area contributed by atoms with Crippen LogP contribution in [0.3, 0.4) is 0 Å². The lowest BCUT2D eigenvalue weighted by molar-refractivity contribution is -0.121. The summed E-state index contributed by atoms with van der Waals surface area (Å²) in [5, 5.41) is 0. The molecule has 5 nitrogen and oxygen atoms in total. The normalized spacial score (nSPS) is 22.5. The molecule has 0 bridgehead atoms. The quantitative estimate of drug-likeness (QED) is 0.832. The van der Waals surface area contributed by atoms with Crippen molar-refractivity contribution in [3.63, 3.8) is 0 Å². The van der Waals surface area contributed by atoms with Crippen molar-refractivity contribution < 1.29 is 13.2 Å². The number of hydrogen-bond donors (Lipinski definition) is 1. The number of Topliss-reactive ketones (excluding diaryl/α,β-unsaturated/α-hetero) is 1. The molecule has 0 spiro atoms. The van der Waals surface area contributed by atoms with E-state index in [1.54, 1.807) is 18.5 Å². The highest BCUT2D eigenvalue weighted by atomic mass is 32.2. The number of anilines is 1. The smallest absolute Gasteiger partial charge is 0.151 e. The first kappa shape index (κ1) is 12.0. The molecule has 2 rings (SSSR count). The van der Waals surface area contributed by atoms with Gasteiger partial charge in [-0.15, -0.1) is 0 Å². The molecule has 1 aromatic heterocycles. The van der Waals surface area contributed by atoms with Crippen LogP contribution in [0.25, 0.3) is 0 Å². The fourth-order valence-corrected chi connectivity index (χ4v) is 3.74. The Morgan fingerprint density at radius 2 is 2.29 bits per heavy atom. The standard InChI is InChI=1S/C11H14N2O3S/c12-10-1-3-13-6-9(10)5-11(14)8-2-4-17(15,16)7-8/h1,3,6,8H,2,4-5,7H2,(H2,12,13). The molecule has 0 amide bonds. The second-order valence-electron chi connectivity index (χ2n) is 4.32. The molecule has 6 heteroatoms. The predicted octanol–water partition coefficient (Wildman–Crippen LogP) is 0.210. The molecular weight excluding hydrogens is 240 g/mol. The molecule has 1 aromatic rings. The number of hydrogen-bond acceptors (Lipinski definition) is 5. The second-order valence-corrected chi connectivity index (χ2v) is 6.55. The van der Waals surface area contributed by atoms with Crippen molar-refractivity contribution in [1.82, 2.24) is 4.98 Å².